The molecule has 1 heterocycles. The number of hydrogen-bond acceptors (Lipinski definition) is 5. The highest BCUT2D eigenvalue weighted by Gasteiger charge is 2.48. The van der Waals surface area contributed by atoms with E-state index in [4.69, 9.17) is 4.74 Å². The average Bonchev–Trinajstić information content (AvgIpc) is 2.85. The van der Waals surface area contributed by atoms with E-state index in [1.54, 1.807) is 0 Å². The number of hydrogen-bond donors (Lipinski definition) is 1. The molecular weight excluding hydrogens is 568 g/mol. The van der Waals surface area contributed by atoms with Gasteiger partial charge in [0.25, 0.3) is 5.91 Å². The number of anilines is 1. The lowest BCUT2D eigenvalue weighted by molar-refractivity contribution is -0.120. The molecule has 0 spiro atoms. The Morgan fingerprint density at radius 1 is 0.950 bits per heavy atom. The molecule has 2 aromatic carbocycles. The van der Waals surface area contributed by atoms with Crippen molar-refractivity contribution >= 4 is 39.1 Å². The molecule has 7 heteroatoms. The minimum atomic E-state index is -0.541. The van der Waals surface area contributed by atoms with Crippen LogP contribution in [0.3, 0.4) is 0 Å². The van der Waals surface area contributed by atoms with Crippen LogP contribution in [0.15, 0.2) is 69.5 Å². The van der Waals surface area contributed by atoms with Gasteiger partial charge in [-0.1, -0.05) is 61.8 Å². The summed E-state index contributed by atoms with van der Waals surface area (Å²) in [6.45, 7) is 10.2. The van der Waals surface area contributed by atoms with Crippen LogP contribution in [-0.2, 0) is 14.4 Å². The highest BCUT2D eigenvalue weighted by molar-refractivity contribution is 9.10. The summed E-state index contributed by atoms with van der Waals surface area (Å²) in [5.74, 6) is -0.199. The van der Waals surface area contributed by atoms with E-state index in [9.17, 15) is 14.4 Å². The van der Waals surface area contributed by atoms with E-state index in [2.05, 4.69) is 53.8 Å². The summed E-state index contributed by atoms with van der Waals surface area (Å²) in [5, 5.41) is 2.91. The number of nitrogens with zero attached hydrogens (tertiary/aromatic N) is 1. The van der Waals surface area contributed by atoms with Gasteiger partial charge in [0.15, 0.2) is 18.2 Å². The van der Waals surface area contributed by atoms with Crippen LogP contribution in [0.4, 0.5) is 5.69 Å². The fourth-order valence-electron chi connectivity index (χ4n) is 6.39. The van der Waals surface area contributed by atoms with Crippen molar-refractivity contribution in [1.82, 2.24) is 4.90 Å². The van der Waals surface area contributed by atoms with Gasteiger partial charge >= 0.3 is 0 Å². The van der Waals surface area contributed by atoms with Crippen molar-refractivity contribution in [3.8, 4) is 5.75 Å². The van der Waals surface area contributed by atoms with E-state index in [1.807, 2.05) is 56.4 Å². The normalized spacial score (nSPS) is 20.3. The number of Topliss-reactive ketones (excluding diaryl/α,β-unsaturated/α-hetero) is 2. The fourth-order valence-corrected chi connectivity index (χ4v) is 6.77. The topological polar surface area (TPSA) is 75.7 Å². The second-order valence-electron chi connectivity index (χ2n) is 12.9. The third-order valence-electron chi connectivity index (χ3n) is 8.24. The Hall–Kier alpha value is -3.19. The molecule has 2 aromatic rings. The molecule has 2 aliphatic carbocycles. The summed E-state index contributed by atoms with van der Waals surface area (Å²) in [4.78, 5) is 42.7. The smallest absolute Gasteiger partial charge is 0.262 e. The van der Waals surface area contributed by atoms with Crippen molar-refractivity contribution in [2.45, 2.75) is 66.2 Å². The van der Waals surface area contributed by atoms with E-state index in [-0.39, 0.29) is 34.9 Å². The van der Waals surface area contributed by atoms with Gasteiger partial charge in [0.2, 0.25) is 0 Å². The SMILES string of the molecule is Cc1ccccc1NC(=O)COc1ccc(Br)cc1C1C2=C(CC(C)(C)CC2=O)N(C)C2=C1C(=O)CC(C)(C)C2. The fraction of sp³-hybridized carbons (Fsp3) is 0.424. The van der Waals surface area contributed by atoms with Crippen molar-refractivity contribution in [3.05, 3.63) is 80.6 Å². The average molecular weight is 606 g/mol. The molecule has 0 radical (unpaired) electrons. The monoisotopic (exact) mass is 604 g/mol. The lowest BCUT2D eigenvalue weighted by Gasteiger charge is -2.48. The van der Waals surface area contributed by atoms with E-state index < -0.39 is 5.92 Å². The first-order valence-corrected chi connectivity index (χ1v) is 14.6. The van der Waals surface area contributed by atoms with Gasteiger partial charge in [0.05, 0.1) is 0 Å². The van der Waals surface area contributed by atoms with Crippen molar-refractivity contribution < 1.29 is 19.1 Å². The molecule has 6 nitrogen and oxygen atoms in total. The zero-order valence-electron chi connectivity index (χ0n) is 24.1. The maximum atomic E-state index is 13.8. The molecule has 3 aliphatic rings. The number of rotatable bonds is 5. The molecular formula is C33H37BrN2O4. The summed E-state index contributed by atoms with van der Waals surface area (Å²) in [6, 6.07) is 13.2. The van der Waals surface area contributed by atoms with Gasteiger partial charge in [-0.2, -0.15) is 0 Å². The lowest BCUT2D eigenvalue weighted by atomic mass is 9.63. The Balaban J connectivity index is 1.58. The van der Waals surface area contributed by atoms with Crippen molar-refractivity contribution in [1.29, 1.82) is 0 Å². The van der Waals surface area contributed by atoms with Gasteiger partial charge in [0.1, 0.15) is 5.75 Å². The van der Waals surface area contributed by atoms with Crippen LogP contribution in [0.5, 0.6) is 5.75 Å². The van der Waals surface area contributed by atoms with Crippen LogP contribution in [0, 0.1) is 17.8 Å². The first kappa shape index (κ1) is 28.3. The number of aryl methyl sites for hydroxylation is 1. The number of allylic oxidation sites excluding steroid dienone is 4. The van der Waals surface area contributed by atoms with Gasteiger partial charge in [-0.15, -0.1) is 0 Å². The molecule has 0 atom stereocenters. The van der Waals surface area contributed by atoms with Gasteiger partial charge in [-0.05, 0) is 60.4 Å². The molecule has 210 valence electrons. The number of carbonyl (C=O) groups excluding carboxylic acids is 3. The number of ether oxygens (including phenoxy) is 1. The van der Waals surface area contributed by atoms with Gasteiger partial charge in [-0.3, -0.25) is 14.4 Å². The minimum absolute atomic E-state index is 0.0653. The van der Waals surface area contributed by atoms with E-state index >= 15 is 0 Å². The second kappa shape index (κ2) is 10.3. The predicted molar refractivity (Wildman–Crippen MR) is 160 cm³/mol. The van der Waals surface area contributed by atoms with E-state index in [0.29, 0.717) is 29.7 Å². The molecule has 0 aromatic heterocycles. The molecule has 40 heavy (non-hydrogen) atoms. The number of carbonyl (C=O) groups is 3. The number of halogens is 1. The molecule has 1 N–H and O–H groups in total. The van der Waals surface area contributed by atoms with Gasteiger partial charge in [-0.25, -0.2) is 0 Å². The largest absolute Gasteiger partial charge is 0.483 e. The lowest BCUT2D eigenvalue weighted by Crippen LogP contribution is -2.43. The molecule has 0 fully saturated rings. The summed E-state index contributed by atoms with van der Waals surface area (Å²) < 4.78 is 6.96. The van der Waals surface area contributed by atoms with Crippen LogP contribution < -0.4 is 10.1 Å². The number of nitrogens with one attached hydrogen (secondary N) is 1. The van der Waals surface area contributed by atoms with Crippen LogP contribution in [0.1, 0.15) is 70.4 Å². The molecule has 5 rings (SSSR count). The van der Waals surface area contributed by atoms with Gasteiger partial charge in [0, 0.05) is 64.1 Å². The highest BCUT2D eigenvalue weighted by Crippen LogP contribution is 2.55. The van der Waals surface area contributed by atoms with Crippen LogP contribution in [0.2, 0.25) is 0 Å². The third-order valence-corrected chi connectivity index (χ3v) is 8.73. The van der Waals surface area contributed by atoms with Gasteiger partial charge < -0.3 is 15.0 Å². The maximum absolute atomic E-state index is 13.8. The molecule has 0 saturated heterocycles. The minimum Gasteiger partial charge on any atom is -0.483 e. The quantitative estimate of drug-likeness (QED) is 0.394. The Morgan fingerprint density at radius 2 is 1.52 bits per heavy atom. The summed E-state index contributed by atoms with van der Waals surface area (Å²) in [5.41, 5.74) is 5.41. The van der Waals surface area contributed by atoms with Crippen LogP contribution in [-0.4, -0.2) is 36.0 Å². The molecule has 1 amide bonds. The molecule has 0 saturated carbocycles. The summed E-state index contributed by atoms with van der Waals surface area (Å²) in [7, 11) is 2.00. The maximum Gasteiger partial charge on any atom is 0.262 e. The Labute approximate surface area is 245 Å². The second-order valence-corrected chi connectivity index (χ2v) is 13.8. The van der Waals surface area contributed by atoms with Crippen molar-refractivity contribution in [3.63, 3.8) is 0 Å². The highest BCUT2D eigenvalue weighted by atomic mass is 79.9. The standard InChI is InChI=1S/C33H37BrN2O4/c1-19-9-7-8-10-22(19)35-28(39)18-40-27-12-11-20(34)13-21(27)29-30-23(14-32(2,3)16-25(30)37)36(6)24-15-33(4,5)17-26(38)31(24)29/h7-13,29H,14-18H2,1-6H3,(H,35,39). The number of amides is 1. The number of benzene rings is 2. The first-order valence-electron chi connectivity index (χ1n) is 13.8. The van der Waals surface area contributed by atoms with Crippen molar-refractivity contribution in [2.75, 3.05) is 19.0 Å². The zero-order chi connectivity index (χ0) is 29.0. The van der Waals surface area contributed by atoms with Crippen LogP contribution >= 0.6 is 15.9 Å². The van der Waals surface area contributed by atoms with E-state index in [0.717, 1.165) is 45.5 Å². The summed E-state index contributed by atoms with van der Waals surface area (Å²) in [6.07, 6.45) is 2.33. The Kier molecular flexibility index (Phi) is 7.32. The molecule has 0 unspecified atom stereocenters. The molecule has 1 aliphatic heterocycles. The van der Waals surface area contributed by atoms with Crippen molar-refractivity contribution in [2.24, 2.45) is 10.8 Å². The first-order chi connectivity index (χ1) is 18.8. The predicted octanol–water partition coefficient (Wildman–Crippen LogP) is 7.09. The zero-order valence-corrected chi connectivity index (χ0v) is 25.7. The third kappa shape index (κ3) is 5.40. The number of para-hydroxylation sites is 1. The van der Waals surface area contributed by atoms with E-state index in [1.165, 1.54) is 0 Å². The Bertz CT molecular complexity index is 1430. The Morgan fingerprint density at radius 3 is 2.10 bits per heavy atom. The molecule has 0 bridgehead atoms. The summed E-state index contributed by atoms with van der Waals surface area (Å²) >= 11 is 3.60. The number of ketones is 2. The van der Waals surface area contributed by atoms with Crippen LogP contribution in [0.25, 0.3) is 0 Å².